The molecule has 2 N–H and O–H groups in total. The number of aromatic nitrogens is 2. The minimum Gasteiger partial charge on any atom is -0.316 e. The lowest BCUT2D eigenvalue weighted by Crippen LogP contribution is -2.45. The maximum absolute atomic E-state index is 12.5. The van der Waals surface area contributed by atoms with E-state index in [2.05, 4.69) is 20.6 Å². The van der Waals surface area contributed by atoms with Crippen molar-refractivity contribution < 1.29 is 4.79 Å². The predicted octanol–water partition coefficient (Wildman–Crippen LogP) is 2.06. The summed E-state index contributed by atoms with van der Waals surface area (Å²) in [6.07, 6.45) is 2.21. The van der Waals surface area contributed by atoms with Crippen LogP contribution in [-0.2, 0) is 4.79 Å². The molecule has 1 aliphatic heterocycles. The first kappa shape index (κ1) is 14.9. The largest absolute Gasteiger partial charge is 0.316 e. The molecule has 1 aliphatic rings. The van der Waals surface area contributed by atoms with E-state index in [0.29, 0.717) is 11.9 Å². The SMILES string of the molecule is Cc1cc(C)nc(NC(=O)C(C)(C)C2CCCNC2)n1. The third kappa shape index (κ3) is 3.33. The smallest absolute Gasteiger partial charge is 0.232 e. The number of aryl methyl sites for hydroxylation is 2. The Balaban J connectivity index is 2.09. The van der Waals surface area contributed by atoms with Crippen LogP contribution in [0, 0.1) is 25.2 Å². The number of nitrogens with one attached hydrogen (secondary N) is 2. The zero-order chi connectivity index (χ0) is 14.8. The molecule has 5 heteroatoms. The van der Waals surface area contributed by atoms with Gasteiger partial charge >= 0.3 is 0 Å². The topological polar surface area (TPSA) is 66.9 Å². The van der Waals surface area contributed by atoms with Crippen molar-refractivity contribution in [2.24, 2.45) is 11.3 Å². The van der Waals surface area contributed by atoms with Gasteiger partial charge in [-0.15, -0.1) is 0 Å². The fourth-order valence-electron chi connectivity index (χ4n) is 2.70. The van der Waals surface area contributed by atoms with Crippen molar-refractivity contribution >= 4 is 11.9 Å². The standard InChI is InChI=1S/C15H24N4O/c1-10-8-11(2)18-14(17-10)19-13(20)15(3,4)12-6-5-7-16-9-12/h8,12,16H,5-7,9H2,1-4H3,(H,17,18,19,20). The van der Waals surface area contributed by atoms with Crippen molar-refractivity contribution in [3.05, 3.63) is 17.5 Å². The number of nitrogens with zero attached hydrogens (tertiary/aromatic N) is 2. The number of amides is 1. The molecule has 1 atom stereocenters. The van der Waals surface area contributed by atoms with Gasteiger partial charge in [0, 0.05) is 16.8 Å². The molecule has 0 aromatic carbocycles. The van der Waals surface area contributed by atoms with Crippen LogP contribution in [0.4, 0.5) is 5.95 Å². The van der Waals surface area contributed by atoms with Gasteiger partial charge in [-0.05, 0) is 51.8 Å². The summed E-state index contributed by atoms with van der Waals surface area (Å²) in [5, 5.41) is 6.24. The van der Waals surface area contributed by atoms with Crippen molar-refractivity contribution in [3.63, 3.8) is 0 Å². The predicted molar refractivity (Wildman–Crippen MR) is 79.5 cm³/mol. The molecule has 2 heterocycles. The molecule has 110 valence electrons. The van der Waals surface area contributed by atoms with Gasteiger partial charge in [-0.25, -0.2) is 9.97 Å². The summed E-state index contributed by atoms with van der Waals surface area (Å²) in [7, 11) is 0. The molecular weight excluding hydrogens is 252 g/mol. The van der Waals surface area contributed by atoms with Crippen molar-refractivity contribution in [2.45, 2.75) is 40.5 Å². The van der Waals surface area contributed by atoms with Crippen molar-refractivity contribution in [1.82, 2.24) is 15.3 Å². The Labute approximate surface area is 120 Å². The Kier molecular flexibility index (Phi) is 4.38. The third-order valence-electron chi connectivity index (χ3n) is 4.11. The molecule has 1 saturated heterocycles. The Morgan fingerprint density at radius 2 is 2.00 bits per heavy atom. The summed E-state index contributed by atoms with van der Waals surface area (Å²) in [5.74, 6) is 0.752. The average Bonchev–Trinajstić information content (AvgIpc) is 2.38. The lowest BCUT2D eigenvalue weighted by atomic mass is 9.74. The summed E-state index contributed by atoms with van der Waals surface area (Å²) in [6, 6.07) is 1.89. The number of rotatable bonds is 3. The minimum absolute atomic E-state index is 0.00352. The van der Waals surface area contributed by atoms with Gasteiger partial charge in [-0.2, -0.15) is 0 Å². The van der Waals surface area contributed by atoms with Gasteiger partial charge in [0.1, 0.15) is 0 Å². The Bertz CT molecular complexity index is 472. The molecule has 1 amide bonds. The summed E-state index contributed by atoms with van der Waals surface area (Å²) >= 11 is 0. The molecule has 5 nitrogen and oxygen atoms in total. The second-order valence-corrected chi connectivity index (χ2v) is 6.19. The van der Waals surface area contributed by atoms with Gasteiger partial charge in [-0.1, -0.05) is 13.8 Å². The molecule has 0 radical (unpaired) electrons. The summed E-state index contributed by atoms with van der Waals surface area (Å²) in [4.78, 5) is 21.1. The molecule has 1 unspecified atom stereocenters. The number of hydrogen-bond donors (Lipinski definition) is 2. The normalized spacial score (nSPS) is 19.7. The van der Waals surface area contributed by atoms with Gasteiger partial charge in [0.05, 0.1) is 0 Å². The maximum Gasteiger partial charge on any atom is 0.232 e. The highest BCUT2D eigenvalue weighted by atomic mass is 16.2. The molecular formula is C15H24N4O. The highest BCUT2D eigenvalue weighted by molar-refractivity contribution is 5.93. The number of piperidine rings is 1. The number of carbonyl (C=O) groups excluding carboxylic acids is 1. The van der Waals surface area contributed by atoms with Crippen LogP contribution in [-0.4, -0.2) is 29.0 Å². The first-order chi connectivity index (χ1) is 9.39. The second-order valence-electron chi connectivity index (χ2n) is 6.19. The average molecular weight is 276 g/mol. The zero-order valence-electron chi connectivity index (χ0n) is 12.8. The van der Waals surface area contributed by atoms with Gasteiger partial charge in [-0.3, -0.25) is 10.1 Å². The molecule has 20 heavy (non-hydrogen) atoms. The van der Waals surface area contributed by atoms with Gasteiger partial charge in [0.2, 0.25) is 11.9 Å². The molecule has 1 fully saturated rings. The van der Waals surface area contributed by atoms with E-state index < -0.39 is 5.41 Å². The molecule has 1 aromatic heterocycles. The molecule has 0 spiro atoms. The Morgan fingerprint density at radius 1 is 1.35 bits per heavy atom. The van der Waals surface area contributed by atoms with E-state index in [1.54, 1.807) is 0 Å². The van der Waals surface area contributed by atoms with Crippen LogP contribution >= 0.6 is 0 Å². The molecule has 0 saturated carbocycles. The Hall–Kier alpha value is -1.49. The van der Waals surface area contributed by atoms with Crippen LogP contribution in [0.2, 0.25) is 0 Å². The van der Waals surface area contributed by atoms with Gasteiger partial charge in [0.15, 0.2) is 0 Å². The minimum atomic E-state index is -0.422. The van der Waals surface area contributed by atoms with E-state index in [9.17, 15) is 4.79 Å². The first-order valence-electron chi connectivity index (χ1n) is 7.24. The zero-order valence-corrected chi connectivity index (χ0v) is 12.8. The van der Waals surface area contributed by atoms with Crippen LogP contribution in [0.5, 0.6) is 0 Å². The molecule has 0 aliphatic carbocycles. The molecule has 0 bridgehead atoms. The number of carbonyl (C=O) groups is 1. The highest BCUT2D eigenvalue weighted by Gasteiger charge is 2.37. The van der Waals surface area contributed by atoms with Crippen molar-refractivity contribution in [2.75, 3.05) is 18.4 Å². The first-order valence-corrected chi connectivity index (χ1v) is 7.24. The summed E-state index contributed by atoms with van der Waals surface area (Å²) < 4.78 is 0. The number of hydrogen-bond acceptors (Lipinski definition) is 4. The van der Waals surface area contributed by atoms with E-state index in [0.717, 1.165) is 37.3 Å². The summed E-state index contributed by atoms with van der Waals surface area (Å²) in [6.45, 7) is 9.76. The quantitative estimate of drug-likeness (QED) is 0.887. The lowest BCUT2D eigenvalue weighted by molar-refractivity contribution is -0.127. The lowest BCUT2D eigenvalue weighted by Gasteiger charge is -2.35. The summed E-state index contributed by atoms with van der Waals surface area (Å²) in [5.41, 5.74) is 1.31. The van der Waals surface area contributed by atoms with Gasteiger partial charge in [0.25, 0.3) is 0 Å². The van der Waals surface area contributed by atoms with Crippen LogP contribution in [0.3, 0.4) is 0 Å². The van der Waals surface area contributed by atoms with E-state index in [1.807, 2.05) is 33.8 Å². The fourth-order valence-corrected chi connectivity index (χ4v) is 2.70. The third-order valence-corrected chi connectivity index (χ3v) is 4.11. The van der Waals surface area contributed by atoms with Crippen molar-refractivity contribution in [3.8, 4) is 0 Å². The van der Waals surface area contributed by atoms with E-state index in [1.165, 1.54) is 0 Å². The van der Waals surface area contributed by atoms with Crippen LogP contribution < -0.4 is 10.6 Å². The van der Waals surface area contributed by atoms with Crippen LogP contribution in [0.1, 0.15) is 38.1 Å². The second kappa shape index (κ2) is 5.87. The number of anilines is 1. The van der Waals surface area contributed by atoms with Crippen molar-refractivity contribution in [1.29, 1.82) is 0 Å². The van der Waals surface area contributed by atoms with E-state index >= 15 is 0 Å². The fraction of sp³-hybridized carbons (Fsp3) is 0.667. The van der Waals surface area contributed by atoms with Gasteiger partial charge < -0.3 is 5.32 Å². The molecule has 2 rings (SSSR count). The van der Waals surface area contributed by atoms with E-state index in [-0.39, 0.29) is 5.91 Å². The monoisotopic (exact) mass is 276 g/mol. The van der Waals surface area contributed by atoms with Crippen LogP contribution in [0.25, 0.3) is 0 Å². The maximum atomic E-state index is 12.5. The molecule has 1 aromatic rings. The Morgan fingerprint density at radius 3 is 2.55 bits per heavy atom. The highest BCUT2D eigenvalue weighted by Crippen LogP contribution is 2.32. The van der Waals surface area contributed by atoms with Crippen LogP contribution in [0.15, 0.2) is 6.07 Å². The van der Waals surface area contributed by atoms with E-state index in [4.69, 9.17) is 0 Å².